The molecule has 2 aromatic heterocycles. The second kappa shape index (κ2) is 5.67. The van der Waals surface area contributed by atoms with E-state index >= 15 is 0 Å². The Labute approximate surface area is 167 Å². The average Bonchev–Trinajstić information content (AvgIpc) is 3.10. The minimum Gasteiger partial charge on any atom is -0.198 e. The van der Waals surface area contributed by atoms with Crippen molar-refractivity contribution >= 4 is 37.3 Å². The van der Waals surface area contributed by atoms with Gasteiger partial charge in [-0.25, -0.2) is 0 Å². The molecule has 0 aliphatic heterocycles. The Kier molecular flexibility index (Phi) is 3.81. The molecule has 4 aliphatic rings. The fourth-order valence-corrected chi connectivity index (χ4v) is 9.99. The minimum atomic E-state index is -3.63. The Morgan fingerprint density at radius 1 is 1.12 bits per heavy atom. The molecule has 0 radical (unpaired) electrons. The molecule has 2 aromatic rings. The highest BCUT2D eigenvalue weighted by Gasteiger charge is 2.53. The maximum absolute atomic E-state index is 13.2. The van der Waals surface area contributed by atoms with E-state index in [1.165, 1.54) is 59.5 Å². The van der Waals surface area contributed by atoms with Crippen molar-refractivity contribution < 1.29 is 8.42 Å². The lowest BCUT2D eigenvalue weighted by Gasteiger charge is -2.57. The Balaban J connectivity index is 1.63. The van der Waals surface area contributed by atoms with E-state index in [1.807, 2.05) is 13.8 Å². The highest BCUT2D eigenvalue weighted by Crippen LogP contribution is 2.61. The predicted octanol–water partition coefficient (Wildman–Crippen LogP) is 5.03. The first-order chi connectivity index (χ1) is 12.3. The Bertz CT molecular complexity index is 954. The lowest BCUT2D eigenvalue weighted by Crippen LogP contribution is -2.49. The third-order valence-corrected chi connectivity index (χ3v) is 10.6. The van der Waals surface area contributed by atoms with Gasteiger partial charge in [0.15, 0.2) is 0 Å². The fraction of sp³-hybridized carbons (Fsp3) is 0.632. The van der Waals surface area contributed by atoms with Gasteiger partial charge in [-0.15, -0.1) is 11.3 Å². The quantitative estimate of drug-likeness (QED) is 0.653. The predicted molar refractivity (Wildman–Crippen MR) is 106 cm³/mol. The summed E-state index contributed by atoms with van der Waals surface area (Å²) in [6.07, 6.45) is 7.80. The highest BCUT2D eigenvalue weighted by molar-refractivity contribution is 9.11. The van der Waals surface area contributed by atoms with Crippen molar-refractivity contribution in [2.45, 2.75) is 62.0 Å². The molecule has 4 aliphatic carbocycles. The van der Waals surface area contributed by atoms with Gasteiger partial charge in [0.1, 0.15) is 4.21 Å². The van der Waals surface area contributed by atoms with Crippen LogP contribution >= 0.6 is 27.3 Å². The molecule has 0 spiro atoms. The smallest absolute Gasteiger partial charge is 0.198 e. The van der Waals surface area contributed by atoms with E-state index in [2.05, 4.69) is 21.0 Å². The first-order valence-electron chi connectivity index (χ1n) is 9.36. The van der Waals surface area contributed by atoms with Crippen molar-refractivity contribution in [1.82, 2.24) is 9.19 Å². The van der Waals surface area contributed by atoms with Gasteiger partial charge < -0.3 is 0 Å². The van der Waals surface area contributed by atoms with E-state index in [4.69, 9.17) is 0 Å². The molecule has 4 bridgehead atoms. The molecule has 0 unspecified atom stereocenters. The molecule has 0 amide bonds. The van der Waals surface area contributed by atoms with Crippen molar-refractivity contribution in [2.24, 2.45) is 17.8 Å². The first kappa shape index (κ1) is 17.4. The van der Waals surface area contributed by atoms with Crippen LogP contribution in [0.15, 0.2) is 20.1 Å². The number of halogens is 1. The van der Waals surface area contributed by atoms with Crippen LogP contribution in [0.25, 0.3) is 0 Å². The van der Waals surface area contributed by atoms with Crippen LogP contribution < -0.4 is 0 Å². The molecule has 2 heterocycles. The molecular weight excluding hydrogens is 432 g/mol. The van der Waals surface area contributed by atoms with Crippen LogP contribution in [0.4, 0.5) is 0 Å². The third kappa shape index (κ3) is 2.42. The molecule has 0 N–H and O–H groups in total. The van der Waals surface area contributed by atoms with E-state index < -0.39 is 10.0 Å². The summed E-state index contributed by atoms with van der Waals surface area (Å²) >= 11 is 4.61. The largest absolute Gasteiger partial charge is 0.292 e. The zero-order valence-corrected chi connectivity index (χ0v) is 18.3. The minimum absolute atomic E-state index is 0.159. The maximum atomic E-state index is 13.2. The van der Waals surface area contributed by atoms with Gasteiger partial charge in [0.25, 0.3) is 10.0 Å². The summed E-state index contributed by atoms with van der Waals surface area (Å²) in [7, 11) is -3.63. The van der Waals surface area contributed by atoms with Crippen molar-refractivity contribution in [2.75, 3.05) is 0 Å². The van der Waals surface area contributed by atoms with Crippen LogP contribution in [0.3, 0.4) is 0 Å². The van der Waals surface area contributed by atoms with E-state index in [9.17, 15) is 8.42 Å². The zero-order chi connectivity index (χ0) is 18.3. The van der Waals surface area contributed by atoms with Crippen LogP contribution in [-0.4, -0.2) is 17.6 Å². The molecule has 26 heavy (non-hydrogen) atoms. The first-order valence-corrected chi connectivity index (χ1v) is 12.4. The maximum Gasteiger partial charge on any atom is 0.292 e. The second-order valence-electron chi connectivity index (χ2n) is 8.65. The highest BCUT2D eigenvalue weighted by atomic mass is 79.9. The molecule has 140 valence electrons. The number of thiophene rings is 1. The van der Waals surface area contributed by atoms with Crippen LogP contribution in [0.5, 0.6) is 0 Å². The molecule has 6 rings (SSSR count). The van der Waals surface area contributed by atoms with Crippen LogP contribution in [0.1, 0.15) is 55.5 Å². The molecule has 0 aromatic carbocycles. The number of nitrogens with zero attached hydrogens (tertiary/aromatic N) is 2. The molecule has 4 fully saturated rings. The average molecular weight is 455 g/mol. The van der Waals surface area contributed by atoms with Crippen LogP contribution in [-0.2, 0) is 15.4 Å². The number of hydrogen-bond acceptors (Lipinski definition) is 4. The molecule has 7 heteroatoms. The normalized spacial score (nSPS) is 33.1. The standard InChI is InChI=1S/C19H23BrN2O2S2/c1-11-18(19-8-13-5-14(9-19)7-15(6-13)10-19)12(2)22(21-11)26(23,24)17-4-3-16(20)25-17/h3-4,13-15H,5-10H2,1-2H3. The lowest BCUT2D eigenvalue weighted by molar-refractivity contribution is -0.00574. The van der Waals surface area contributed by atoms with Crippen molar-refractivity contribution in [3.63, 3.8) is 0 Å². The summed E-state index contributed by atoms with van der Waals surface area (Å²) in [5, 5.41) is 4.54. The summed E-state index contributed by atoms with van der Waals surface area (Å²) in [4.78, 5) is 0. The van der Waals surface area contributed by atoms with E-state index in [1.54, 1.807) is 12.1 Å². The van der Waals surface area contributed by atoms with Gasteiger partial charge in [-0.3, -0.25) is 0 Å². The van der Waals surface area contributed by atoms with Gasteiger partial charge in [-0.1, -0.05) is 0 Å². The van der Waals surface area contributed by atoms with Crippen molar-refractivity contribution in [3.8, 4) is 0 Å². The summed E-state index contributed by atoms with van der Waals surface area (Å²) in [6, 6.07) is 3.44. The summed E-state index contributed by atoms with van der Waals surface area (Å²) < 4.78 is 28.8. The number of rotatable bonds is 3. The summed E-state index contributed by atoms with van der Waals surface area (Å²) in [5.41, 5.74) is 3.13. The van der Waals surface area contributed by atoms with E-state index in [0.29, 0.717) is 4.21 Å². The lowest BCUT2D eigenvalue weighted by atomic mass is 9.48. The van der Waals surface area contributed by atoms with Gasteiger partial charge >= 0.3 is 0 Å². The van der Waals surface area contributed by atoms with Gasteiger partial charge in [-0.05, 0) is 104 Å². The summed E-state index contributed by atoms with van der Waals surface area (Å²) in [6.45, 7) is 3.95. The molecule has 0 saturated heterocycles. The zero-order valence-electron chi connectivity index (χ0n) is 15.0. The van der Waals surface area contributed by atoms with E-state index in [0.717, 1.165) is 32.9 Å². The molecule has 4 saturated carbocycles. The SMILES string of the molecule is Cc1nn(S(=O)(=O)c2ccc(Br)s2)c(C)c1C12CC3CC(CC(C3)C1)C2. The van der Waals surface area contributed by atoms with Gasteiger partial charge in [-0.2, -0.15) is 17.6 Å². The van der Waals surface area contributed by atoms with Crippen molar-refractivity contribution in [1.29, 1.82) is 0 Å². The second-order valence-corrected chi connectivity index (χ2v) is 13.1. The van der Waals surface area contributed by atoms with Crippen molar-refractivity contribution in [3.05, 3.63) is 32.9 Å². The van der Waals surface area contributed by atoms with Gasteiger partial charge in [0.05, 0.1) is 15.2 Å². The Hall–Kier alpha value is -0.660. The summed E-state index contributed by atoms with van der Waals surface area (Å²) in [5.74, 6) is 2.48. The topological polar surface area (TPSA) is 52.0 Å². The molecular formula is C19H23BrN2O2S2. The van der Waals surface area contributed by atoms with E-state index in [-0.39, 0.29) is 5.41 Å². The van der Waals surface area contributed by atoms with Gasteiger partial charge in [0, 0.05) is 5.56 Å². The van der Waals surface area contributed by atoms with Gasteiger partial charge in [0.2, 0.25) is 0 Å². The number of aromatic nitrogens is 2. The third-order valence-electron chi connectivity index (χ3n) is 6.85. The number of hydrogen-bond donors (Lipinski definition) is 0. The molecule has 0 atom stereocenters. The molecule has 4 nitrogen and oxygen atoms in total. The fourth-order valence-electron chi connectivity index (χ4n) is 6.56. The monoisotopic (exact) mass is 454 g/mol. The number of aryl methyl sites for hydroxylation is 1. The van der Waals surface area contributed by atoms with Crippen LogP contribution in [0, 0.1) is 31.6 Å². The Morgan fingerprint density at radius 2 is 1.69 bits per heavy atom. The Morgan fingerprint density at radius 3 is 2.19 bits per heavy atom. The van der Waals surface area contributed by atoms with Crippen LogP contribution in [0.2, 0.25) is 0 Å².